The first-order valence-electron chi connectivity index (χ1n) is 6.49. The van der Waals surface area contributed by atoms with Crippen LogP contribution in [0.1, 0.15) is 29.8 Å². The summed E-state index contributed by atoms with van der Waals surface area (Å²) in [5.74, 6) is 0. The van der Waals surface area contributed by atoms with Crippen LogP contribution in [0.5, 0.6) is 0 Å². The average Bonchev–Trinajstić information content (AvgIpc) is 2.75. The summed E-state index contributed by atoms with van der Waals surface area (Å²) in [6.45, 7) is 8.14. The molecule has 0 amide bonds. The molecule has 3 heteroatoms. The van der Waals surface area contributed by atoms with Gasteiger partial charge in [-0.3, -0.25) is 4.68 Å². The van der Waals surface area contributed by atoms with Crippen LogP contribution in [0, 0.1) is 13.8 Å². The highest BCUT2D eigenvalue weighted by Crippen LogP contribution is 2.19. The number of likely N-dealkylation sites (N-methyl/N-ethyl adjacent to an activating group) is 1. The van der Waals surface area contributed by atoms with E-state index < -0.39 is 0 Å². The van der Waals surface area contributed by atoms with E-state index in [0.29, 0.717) is 6.04 Å². The quantitative estimate of drug-likeness (QED) is 0.875. The zero-order valence-corrected chi connectivity index (χ0v) is 11.4. The highest BCUT2D eigenvalue weighted by Gasteiger charge is 2.13. The minimum atomic E-state index is 0.315. The van der Waals surface area contributed by atoms with E-state index in [1.54, 1.807) is 0 Å². The van der Waals surface area contributed by atoms with E-state index in [4.69, 9.17) is 0 Å². The second-order valence-electron chi connectivity index (χ2n) is 4.65. The Balaban J connectivity index is 2.20. The van der Waals surface area contributed by atoms with E-state index in [1.807, 2.05) is 23.9 Å². The van der Waals surface area contributed by atoms with Crippen molar-refractivity contribution >= 4 is 0 Å². The van der Waals surface area contributed by atoms with Gasteiger partial charge in [0.05, 0.1) is 18.3 Å². The first-order valence-corrected chi connectivity index (χ1v) is 6.49. The normalized spacial score (nSPS) is 12.6. The highest BCUT2D eigenvalue weighted by molar-refractivity contribution is 5.28. The molecule has 1 N–H and O–H groups in total. The zero-order valence-electron chi connectivity index (χ0n) is 11.4. The van der Waals surface area contributed by atoms with Gasteiger partial charge in [-0.25, -0.2) is 0 Å². The summed E-state index contributed by atoms with van der Waals surface area (Å²) in [4.78, 5) is 0. The van der Waals surface area contributed by atoms with Gasteiger partial charge in [-0.2, -0.15) is 5.10 Å². The summed E-state index contributed by atoms with van der Waals surface area (Å²) < 4.78 is 2.01. The standard InChI is InChI=1S/C15H21N3/c1-4-16-15(11-18-10-9-13(3)17-18)14-8-6-5-7-12(14)2/h5-10,15-16H,4,11H2,1-3H3. The molecule has 1 heterocycles. The summed E-state index contributed by atoms with van der Waals surface area (Å²) in [5, 5.41) is 8.00. The molecular weight excluding hydrogens is 222 g/mol. The van der Waals surface area contributed by atoms with Crippen LogP contribution >= 0.6 is 0 Å². The third kappa shape index (κ3) is 2.99. The maximum absolute atomic E-state index is 4.46. The van der Waals surface area contributed by atoms with E-state index in [-0.39, 0.29) is 0 Å². The topological polar surface area (TPSA) is 29.9 Å². The summed E-state index contributed by atoms with van der Waals surface area (Å²) in [7, 11) is 0. The highest BCUT2D eigenvalue weighted by atomic mass is 15.3. The van der Waals surface area contributed by atoms with E-state index in [2.05, 4.69) is 48.5 Å². The molecule has 2 rings (SSSR count). The van der Waals surface area contributed by atoms with Crippen LogP contribution in [0.2, 0.25) is 0 Å². The van der Waals surface area contributed by atoms with Crippen molar-refractivity contribution in [2.45, 2.75) is 33.4 Å². The van der Waals surface area contributed by atoms with Crippen molar-refractivity contribution in [3.05, 3.63) is 53.3 Å². The molecule has 0 aliphatic heterocycles. The number of aromatic nitrogens is 2. The average molecular weight is 243 g/mol. The first kappa shape index (κ1) is 12.8. The molecule has 2 aromatic rings. The lowest BCUT2D eigenvalue weighted by atomic mass is 10.0. The molecule has 0 spiro atoms. The summed E-state index contributed by atoms with van der Waals surface area (Å²) in [6, 6.07) is 10.9. The van der Waals surface area contributed by atoms with Crippen molar-refractivity contribution in [2.75, 3.05) is 6.54 Å². The van der Waals surface area contributed by atoms with Gasteiger partial charge in [-0.05, 0) is 37.6 Å². The molecule has 1 aromatic heterocycles. The molecule has 0 bridgehead atoms. The molecule has 0 saturated heterocycles. The molecule has 1 aromatic carbocycles. The van der Waals surface area contributed by atoms with Crippen LogP contribution in [-0.2, 0) is 6.54 Å². The molecular formula is C15H21N3. The summed E-state index contributed by atoms with van der Waals surface area (Å²) >= 11 is 0. The fourth-order valence-corrected chi connectivity index (χ4v) is 2.25. The minimum absolute atomic E-state index is 0.315. The lowest BCUT2D eigenvalue weighted by Gasteiger charge is -2.20. The van der Waals surface area contributed by atoms with E-state index in [1.165, 1.54) is 11.1 Å². The van der Waals surface area contributed by atoms with Gasteiger partial charge < -0.3 is 5.32 Å². The second-order valence-corrected chi connectivity index (χ2v) is 4.65. The predicted molar refractivity (Wildman–Crippen MR) is 74.6 cm³/mol. The number of hydrogen-bond donors (Lipinski definition) is 1. The van der Waals surface area contributed by atoms with E-state index >= 15 is 0 Å². The monoisotopic (exact) mass is 243 g/mol. The van der Waals surface area contributed by atoms with E-state index in [9.17, 15) is 0 Å². The minimum Gasteiger partial charge on any atom is -0.309 e. The predicted octanol–water partition coefficient (Wildman–Crippen LogP) is 2.85. The molecule has 18 heavy (non-hydrogen) atoms. The van der Waals surface area contributed by atoms with Crippen LogP contribution < -0.4 is 5.32 Å². The van der Waals surface area contributed by atoms with E-state index in [0.717, 1.165) is 18.8 Å². The van der Waals surface area contributed by atoms with Crippen LogP contribution in [-0.4, -0.2) is 16.3 Å². The number of benzene rings is 1. The fourth-order valence-electron chi connectivity index (χ4n) is 2.25. The van der Waals surface area contributed by atoms with Gasteiger partial charge in [0.25, 0.3) is 0 Å². The van der Waals surface area contributed by atoms with Gasteiger partial charge in [-0.1, -0.05) is 31.2 Å². The largest absolute Gasteiger partial charge is 0.309 e. The Bertz CT molecular complexity index is 502. The van der Waals surface area contributed by atoms with Gasteiger partial charge in [0.1, 0.15) is 0 Å². The van der Waals surface area contributed by atoms with Crippen molar-refractivity contribution in [3.8, 4) is 0 Å². The number of nitrogens with zero attached hydrogens (tertiary/aromatic N) is 2. The van der Waals surface area contributed by atoms with Crippen molar-refractivity contribution < 1.29 is 0 Å². The molecule has 1 unspecified atom stereocenters. The van der Waals surface area contributed by atoms with Gasteiger partial charge in [0.15, 0.2) is 0 Å². The Labute approximate surface area is 109 Å². The Morgan fingerprint density at radius 3 is 2.61 bits per heavy atom. The van der Waals surface area contributed by atoms with Crippen LogP contribution in [0.3, 0.4) is 0 Å². The Hall–Kier alpha value is -1.61. The fraction of sp³-hybridized carbons (Fsp3) is 0.400. The van der Waals surface area contributed by atoms with Crippen molar-refractivity contribution in [3.63, 3.8) is 0 Å². The molecule has 0 aliphatic rings. The zero-order chi connectivity index (χ0) is 13.0. The molecule has 0 saturated carbocycles. The number of hydrogen-bond acceptors (Lipinski definition) is 2. The van der Waals surface area contributed by atoms with Crippen LogP contribution in [0.15, 0.2) is 36.5 Å². The maximum Gasteiger partial charge on any atom is 0.0604 e. The Morgan fingerprint density at radius 2 is 2.00 bits per heavy atom. The Morgan fingerprint density at radius 1 is 1.22 bits per heavy atom. The smallest absolute Gasteiger partial charge is 0.0604 e. The van der Waals surface area contributed by atoms with Gasteiger partial charge >= 0.3 is 0 Å². The number of nitrogens with one attached hydrogen (secondary N) is 1. The number of aryl methyl sites for hydroxylation is 2. The van der Waals surface area contributed by atoms with Gasteiger partial charge in [-0.15, -0.1) is 0 Å². The van der Waals surface area contributed by atoms with Gasteiger partial charge in [0.2, 0.25) is 0 Å². The van der Waals surface area contributed by atoms with Crippen molar-refractivity contribution in [1.29, 1.82) is 0 Å². The van der Waals surface area contributed by atoms with Crippen LogP contribution in [0.4, 0.5) is 0 Å². The second kappa shape index (κ2) is 5.83. The first-order chi connectivity index (χ1) is 8.70. The molecule has 0 aliphatic carbocycles. The van der Waals surface area contributed by atoms with Crippen LogP contribution in [0.25, 0.3) is 0 Å². The SMILES string of the molecule is CCNC(Cn1ccc(C)n1)c1ccccc1C. The molecule has 0 fully saturated rings. The van der Waals surface area contributed by atoms with Crippen molar-refractivity contribution in [2.24, 2.45) is 0 Å². The number of rotatable bonds is 5. The Kier molecular flexibility index (Phi) is 4.15. The summed E-state index contributed by atoms with van der Waals surface area (Å²) in [5.41, 5.74) is 3.75. The van der Waals surface area contributed by atoms with Crippen molar-refractivity contribution in [1.82, 2.24) is 15.1 Å². The van der Waals surface area contributed by atoms with Gasteiger partial charge in [0, 0.05) is 6.20 Å². The third-order valence-corrected chi connectivity index (χ3v) is 3.16. The lowest BCUT2D eigenvalue weighted by molar-refractivity contribution is 0.445. The molecule has 1 atom stereocenters. The molecule has 0 radical (unpaired) electrons. The summed E-state index contributed by atoms with van der Waals surface area (Å²) in [6.07, 6.45) is 2.04. The molecule has 96 valence electrons. The molecule has 3 nitrogen and oxygen atoms in total. The maximum atomic E-state index is 4.46. The lowest BCUT2D eigenvalue weighted by Crippen LogP contribution is -2.26. The third-order valence-electron chi connectivity index (χ3n) is 3.16.